The minimum atomic E-state index is 0.766. The highest BCUT2D eigenvalue weighted by atomic mass is 15.2. The zero-order valence-corrected chi connectivity index (χ0v) is 10.2. The Morgan fingerprint density at radius 3 is 2.71 bits per heavy atom. The van der Waals surface area contributed by atoms with Crippen molar-refractivity contribution in [2.24, 2.45) is 11.8 Å². The van der Waals surface area contributed by atoms with Crippen molar-refractivity contribution in [2.45, 2.75) is 39.7 Å². The number of hydrogen-bond donors (Lipinski definition) is 1. The Morgan fingerprint density at radius 2 is 2.14 bits per heavy atom. The molecule has 0 spiro atoms. The molecule has 0 aliphatic carbocycles. The minimum Gasteiger partial charge on any atom is -0.319 e. The van der Waals surface area contributed by atoms with Gasteiger partial charge in [-0.25, -0.2) is 0 Å². The summed E-state index contributed by atoms with van der Waals surface area (Å²) in [6.07, 6.45) is 2.68. The summed E-state index contributed by atoms with van der Waals surface area (Å²) in [4.78, 5) is 2.66. The van der Waals surface area contributed by atoms with Crippen molar-refractivity contribution in [3.8, 4) is 0 Å². The molecule has 1 aliphatic heterocycles. The van der Waals surface area contributed by atoms with Gasteiger partial charge in [0.1, 0.15) is 0 Å². The number of hydrogen-bond acceptors (Lipinski definition) is 2. The third kappa shape index (κ3) is 2.96. The van der Waals surface area contributed by atoms with Crippen molar-refractivity contribution >= 4 is 0 Å². The van der Waals surface area contributed by atoms with Crippen LogP contribution in [0.2, 0.25) is 0 Å². The molecule has 0 aromatic carbocycles. The van der Waals surface area contributed by atoms with E-state index in [1.54, 1.807) is 0 Å². The molecule has 1 heterocycles. The van der Waals surface area contributed by atoms with Crippen molar-refractivity contribution in [1.82, 2.24) is 10.2 Å². The molecular weight excluding hydrogens is 172 g/mol. The van der Waals surface area contributed by atoms with Crippen LogP contribution in [0.4, 0.5) is 0 Å². The molecular formula is C12H26N2. The second kappa shape index (κ2) is 5.72. The van der Waals surface area contributed by atoms with Gasteiger partial charge < -0.3 is 10.2 Å². The summed E-state index contributed by atoms with van der Waals surface area (Å²) in [6.45, 7) is 10.8. The second-order valence-corrected chi connectivity index (χ2v) is 4.83. The Balaban J connectivity index is 2.33. The molecule has 0 aromatic rings. The van der Waals surface area contributed by atoms with Gasteiger partial charge in [-0.15, -0.1) is 0 Å². The van der Waals surface area contributed by atoms with Gasteiger partial charge in [0.15, 0.2) is 0 Å². The largest absolute Gasteiger partial charge is 0.319 e. The topological polar surface area (TPSA) is 15.3 Å². The van der Waals surface area contributed by atoms with Crippen molar-refractivity contribution in [1.29, 1.82) is 0 Å². The van der Waals surface area contributed by atoms with Crippen LogP contribution < -0.4 is 5.32 Å². The first-order valence-corrected chi connectivity index (χ1v) is 6.07. The third-order valence-electron chi connectivity index (χ3n) is 3.85. The van der Waals surface area contributed by atoms with E-state index in [1.165, 1.54) is 32.5 Å². The lowest BCUT2D eigenvalue weighted by Gasteiger charge is -2.29. The van der Waals surface area contributed by atoms with Crippen molar-refractivity contribution in [3.05, 3.63) is 0 Å². The summed E-state index contributed by atoms with van der Waals surface area (Å²) < 4.78 is 0. The van der Waals surface area contributed by atoms with E-state index in [0.717, 1.165) is 17.9 Å². The number of nitrogens with zero attached hydrogens (tertiary/aromatic N) is 1. The maximum absolute atomic E-state index is 3.29. The second-order valence-electron chi connectivity index (χ2n) is 4.83. The molecule has 1 fully saturated rings. The molecule has 0 radical (unpaired) electrons. The van der Waals surface area contributed by atoms with Gasteiger partial charge in [0.25, 0.3) is 0 Å². The van der Waals surface area contributed by atoms with Gasteiger partial charge in [0.05, 0.1) is 0 Å². The molecule has 0 aromatic heterocycles. The summed E-state index contributed by atoms with van der Waals surface area (Å²) >= 11 is 0. The molecule has 1 N–H and O–H groups in total. The third-order valence-corrected chi connectivity index (χ3v) is 3.85. The van der Waals surface area contributed by atoms with E-state index in [0.29, 0.717) is 0 Å². The first kappa shape index (κ1) is 12.0. The van der Waals surface area contributed by atoms with E-state index >= 15 is 0 Å². The Bertz CT molecular complexity index is 158. The molecule has 1 aliphatic rings. The Labute approximate surface area is 89.1 Å². The molecule has 1 saturated heterocycles. The van der Waals surface area contributed by atoms with Crippen LogP contribution in [0, 0.1) is 11.8 Å². The van der Waals surface area contributed by atoms with E-state index in [1.807, 2.05) is 0 Å². The molecule has 2 nitrogen and oxygen atoms in total. The normalized spacial score (nSPS) is 27.9. The van der Waals surface area contributed by atoms with Crippen molar-refractivity contribution < 1.29 is 0 Å². The predicted molar refractivity (Wildman–Crippen MR) is 62.5 cm³/mol. The van der Waals surface area contributed by atoms with E-state index < -0.39 is 0 Å². The molecule has 1 rings (SSSR count). The number of rotatable bonds is 5. The Kier molecular flexibility index (Phi) is 4.90. The maximum Gasteiger partial charge on any atom is 0.00925 e. The fraction of sp³-hybridized carbons (Fsp3) is 1.00. The van der Waals surface area contributed by atoms with E-state index in [9.17, 15) is 0 Å². The SMILES string of the molecule is CCC(C)C(C)N1CCC(CNC)C1. The molecule has 14 heavy (non-hydrogen) atoms. The molecule has 0 bridgehead atoms. The van der Waals surface area contributed by atoms with Crippen LogP contribution in [0.3, 0.4) is 0 Å². The van der Waals surface area contributed by atoms with Crippen LogP contribution in [0.15, 0.2) is 0 Å². The van der Waals surface area contributed by atoms with Crippen LogP contribution in [-0.2, 0) is 0 Å². The van der Waals surface area contributed by atoms with Crippen LogP contribution in [0.25, 0.3) is 0 Å². The maximum atomic E-state index is 3.29. The van der Waals surface area contributed by atoms with Gasteiger partial charge >= 0.3 is 0 Å². The molecule has 84 valence electrons. The van der Waals surface area contributed by atoms with Gasteiger partial charge in [-0.3, -0.25) is 0 Å². The highest BCUT2D eigenvalue weighted by molar-refractivity contribution is 4.82. The summed E-state index contributed by atoms with van der Waals surface area (Å²) in [6, 6.07) is 0.766. The lowest BCUT2D eigenvalue weighted by Crippen LogP contribution is -2.36. The molecule has 2 heteroatoms. The average molecular weight is 198 g/mol. The fourth-order valence-electron chi connectivity index (χ4n) is 2.39. The quantitative estimate of drug-likeness (QED) is 0.726. The Hall–Kier alpha value is -0.0800. The van der Waals surface area contributed by atoms with E-state index in [4.69, 9.17) is 0 Å². The van der Waals surface area contributed by atoms with Crippen molar-refractivity contribution in [3.63, 3.8) is 0 Å². The van der Waals surface area contributed by atoms with Crippen LogP contribution in [0.5, 0.6) is 0 Å². The predicted octanol–water partition coefficient (Wildman–Crippen LogP) is 1.96. The van der Waals surface area contributed by atoms with Gasteiger partial charge in [0.2, 0.25) is 0 Å². The van der Waals surface area contributed by atoms with Crippen LogP contribution in [-0.4, -0.2) is 37.6 Å². The van der Waals surface area contributed by atoms with Crippen LogP contribution >= 0.6 is 0 Å². The first-order valence-electron chi connectivity index (χ1n) is 6.07. The minimum absolute atomic E-state index is 0.766. The first-order chi connectivity index (χ1) is 6.69. The zero-order chi connectivity index (χ0) is 10.6. The van der Waals surface area contributed by atoms with E-state index in [-0.39, 0.29) is 0 Å². The average Bonchev–Trinajstić information content (AvgIpc) is 2.64. The summed E-state index contributed by atoms with van der Waals surface area (Å²) in [5, 5.41) is 3.29. The zero-order valence-electron chi connectivity index (χ0n) is 10.2. The molecule has 0 saturated carbocycles. The monoisotopic (exact) mass is 198 g/mol. The molecule has 3 unspecified atom stereocenters. The number of nitrogens with one attached hydrogen (secondary N) is 1. The van der Waals surface area contributed by atoms with Crippen LogP contribution in [0.1, 0.15) is 33.6 Å². The smallest absolute Gasteiger partial charge is 0.00925 e. The fourth-order valence-corrected chi connectivity index (χ4v) is 2.39. The van der Waals surface area contributed by atoms with Gasteiger partial charge in [0, 0.05) is 12.6 Å². The molecule has 3 atom stereocenters. The van der Waals surface area contributed by atoms with E-state index in [2.05, 4.69) is 38.0 Å². The van der Waals surface area contributed by atoms with Gasteiger partial charge in [-0.05, 0) is 45.3 Å². The highest BCUT2D eigenvalue weighted by Crippen LogP contribution is 2.22. The lowest BCUT2D eigenvalue weighted by atomic mass is 10.00. The lowest BCUT2D eigenvalue weighted by molar-refractivity contribution is 0.188. The number of likely N-dealkylation sites (tertiary alicyclic amines) is 1. The van der Waals surface area contributed by atoms with Gasteiger partial charge in [-0.1, -0.05) is 20.3 Å². The highest BCUT2D eigenvalue weighted by Gasteiger charge is 2.27. The van der Waals surface area contributed by atoms with Gasteiger partial charge in [-0.2, -0.15) is 0 Å². The Morgan fingerprint density at radius 1 is 1.43 bits per heavy atom. The summed E-state index contributed by atoms with van der Waals surface area (Å²) in [5.74, 6) is 1.72. The van der Waals surface area contributed by atoms with Crippen molar-refractivity contribution in [2.75, 3.05) is 26.7 Å². The summed E-state index contributed by atoms with van der Waals surface area (Å²) in [7, 11) is 2.06. The molecule has 0 amide bonds. The standard InChI is InChI=1S/C12H26N2/c1-5-10(2)11(3)14-7-6-12(9-14)8-13-4/h10-13H,5-9H2,1-4H3. The summed E-state index contributed by atoms with van der Waals surface area (Å²) in [5.41, 5.74) is 0.